The molecule has 1 aromatic carbocycles. The van der Waals surface area contributed by atoms with Crippen LogP contribution in [0.3, 0.4) is 0 Å². The van der Waals surface area contributed by atoms with Crippen molar-refractivity contribution in [3.63, 3.8) is 0 Å². The zero-order chi connectivity index (χ0) is 15.0. The number of nitrogens with zero attached hydrogens (tertiary/aromatic N) is 1. The summed E-state index contributed by atoms with van der Waals surface area (Å²) >= 11 is 7.26. The highest BCUT2D eigenvalue weighted by Gasteiger charge is 2.25. The minimum Gasteiger partial charge on any atom is -0.299 e. The first-order valence-corrected chi connectivity index (χ1v) is 7.80. The van der Waals surface area contributed by atoms with Gasteiger partial charge in [0.15, 0.2) is 0 Å². The Labute approximate surface area is 131 Å². The van der Waals surface area contributed by atoms with Gasteiger partial charge < -0.3 is 0 Å². The van der Waals surface area contributed by atoms with Crippen LogP contribution in [-0.2, 0) is 0 Å². The van der Waals surface area contributed by atoms with Gasteiger partial charge in [0.2, 0.25) is 0 Å². The molecule has 1 nitrogen and oxygen atoms in total. The van der Waals surface area contributed by atoms with Crippen molar-refractivity contribution >= 4 is 34.4 Å². The number of allylic oxidation sites excluding steroid dienone is 1. The van der Waals surface area contributed by atoms with Gasteiger partial charge in [-0.2, -0.15) is 0 Å². The average Bonchev–Trinajstić information content (AvgIpc) is 2.46. The number of hydrogen-bond acceptors (Lipinski definition) is 3. The molecule has 0 aliphatic heterocycles. The van der Waals surface area contributed by atoms with Crippen LogP contribution in [0.4, 0.5) is 0 Å². The van der Waals surface area contributed by atoms with Gasteiger partial charge >= 0.3 is 0 Å². The van der Waals surface area contributed by atoms with Crippen LogP contribution in [0, 0.1) is 0 Å². The molecule has 0 amide bonds. The summed E-state index contributed by atoms with van der Waals surface area (Å²) in [5.74, 6) is 0. The van der Waals surface area contributed by atoms with Crippen molar-refractivity contribution in [1.82, 2.24) is 0 Å². The first-order chi connectivity index (χ1) is 9.50. The Balaban J connectivity index is 2.81. The fourth-order valence-electron chi connectivity index (χ4n) is 1.78. The fraction of sp³-hybridized carbons (Fsp3) is 0.353. The minimum atomic E-state index is -0.0974. The predicted molar refractivity (Wildman–Crippen MR) is 96.1 cm³/mol. The molecule has 0 radical (unpaired) electrons. The van der Waals surface area contributed by atoms with Crippen molar-refractivity contribution < 1.29 is 0 Å². The third-order valence-corrected chi connectivity index (χ3v) is 4.72. The van der Waals surface area contributed by atoms with E-state index in [1.807, 2.05) is 36.5 Å². The summed E-state index contributed by atoms with van der Waals surface area (Å²) in [6, 6.07) is 10.1. The lowest BCUT2D eigenvalue weighted by Crippen LogP contribution is -2.24. The molecule has 1 rings (SSSR count). The van der Waals surface area contributed by atoms with Crippen LogP contribution >= 0.6 is 24.0 Å². The highest BCUT2D eigenvalue weighted by atomic mass is 32.2. The van der Waals surface area contributed by atoms with Crippen molar-refractivity contribution in [1.29, 1.82) is 0 Å². The Morgan fingerprint density at radius 1 is 1.45 bits per heavy atom. The molecule has 20 heavy (non-hydrogen) atoms. The molecular formula is C17H21NS2. The third kappa shape index (κ3) is 5.46. The summed E-state index contributed by atoms with van der Waals surface area (Å²) in [4.78, 5) is 4.21. The van der Waals surface area contributed by atoms with Crippen molar-refractivity contribution in [2.75, 3.05) is 7.05 Å². The summed E-state index contributed by atoms with van der Waals surface area (Å²) in [5.41, 5.74) is 5.21. The number of thioether (sulfide) groups is 1. The van der Waals surface area contributed by atoms with Gasteiger partial charge in [0, 0.05) is 13.3 Å². The van der Waals surface area contributed by atoms with Gasteiger partial charge in [0.05, 0.1) is 8.94 Å². The van der Waals surface area contributed by atoms with E-state index in [1.54, 1.807) is 18.8 Å². The molecule has 0 aliphatic carbocycles. The van der Waals surface area contributed by atoms with Crippen LogP contribution in [0.25, 0.3) is 0 Å². The Morgan fingerprint density at radius 2 is 2.10 bits per heavy atom. The van der Waals surface area contributed by atoms with Crippen LogP contribution in [-0.4, -0.2) is 22.2 Å². The summed E-state index contributed by atoms with van der Waals surface area (Å²) in [6.45, 7) is 7.92. The molecule has 0 fully saturated rings. The molecule has 0 spiro atoms. The van der Waals surface area contributed by atoms with Crippen molar-refractivity contribution in [2.24, 2.45) is 4.99 Å². The maximum Gasteiger partial charge on any atom is 0.0787 e. The lowest BCUT2D eigenvalue weighted by molar-refractivity contribution is 0.736. The van der Waals surface area contributed by atoms with E-state index in [2.05, 4.69) is 31.2 Å². The zero-order valence-corrected chi connectivity index (χ0v) is 14.0. The van der Waals surface area contributed by atoms with E-state index in [9.17, 15) is 0 Å². The first kappa shape index (κ1) is 16.9. The van der Waals surface area contributed by atoms with E-state index in [4.69, 9.17) is 12.2 Å². The maximum atomic E-state index is 5.56. The summed E-state index contributed by atoms with van der Waals surface area (Å²) in [5, 5.41) is 0. The minimum absolute atomic E-state index is 0.0974. The van der Waals surface area contributed by atoms with E-state index in [-0.39, 0.29) is 4.75 Å². The lowest BCUT2D eigenvalue weighted by atomic mass is 10.0. The Morgan fingerprint density at radius 3 is 2.65 bits per heavy atom. The molecule has 0 bridgehead atoms. The summed E-state index contributed by atoms with van der Waals surface area (Å²) in [6.07, 6.45) is 3.91. The lowest BCUT2D eigenvalue weighted by Gasteiger charge is -2.25. The molecule has 1 aromatic rings. The topological polar surface area (TPSA) is 12.4 Å². The number of benzene rings is 1. The van der Waals surface area contributed by atoms with E-state index in [0.29, 0.717) is 0 Å². The van der Waals surface area contributed by atoms with Gasteiger partial charge in [-0.25, -0.2) is 0 Å². The molecular weight excluding hydrogens is 282 g/mol. The molecule has 1 unspecified atom stereocenters. The van der Waals surface area contributed by atoms with Crippen LogP contribution in [0.2, 0.25) is 0 Å². The third-order valence-electron chi connectivity index (χ3n) is 3.04. The van der Waals surface area contributed by atoms with E-state index in [1.165, 1.54) is 5.57 Å². The SMILES string of the molecule is C=C=C(C)CCC(C)(C=NC)SC(=S)c1ccccc1. The second-order valence-electron chi connectivity index (χ2n) is 4.91. The van der Waals surface area contributed by atoms with Gasteiger partial charge in [-0.3, -0.25) is 4.99 Å². The Hall–Kier alpha value is -1.15. The van der Waals surface area contributed by atoms with Crippen LogP contribution < -0.4 is 0 Å². The molecule has 0 aromatic heterocycles. The zero-order valence-electron chi connectivity index (χ0n) is 12.3. The molecule has 0 N–H and O–H groups in total. The Kier molecular flexibility index (Phi) is 6.94. The Bertz CT molecular complexity index is 527. The van der Waals surface area contributed by atoms with Gasteiger partial charge in [-0.1, -0.05) is 49.1 Å². The average molecular weight is 303 g/mol. The molecule has 106 valence electrons. The molecule has 3 heteroatoms. The quantitative estimate of drug-likeness (QED) is 0.413. The van der Waals surface area contributed by atoms with Crippen molar-refractivity contribution in [3.8, 4) is 0 Å². The second kappa shape index (κ2) is 8.21. The van der Waals surface area contributed by atoms with E-state index >= 15 is 0 Å². The molecule has 0 saturated carbocycles. The van der Waals surface area contributed by atoms with Gasteiger partial charge in [0.25, 0.3) is 0 Å². The monoisotopic (exact) mass is 303 g/mol. The first-order valence-electron chi connectivity index (χ1n) is 6.58. The van der Waals surface area contributed by atoms with Crippen LogP contribution in [0.1, 0.15) is 32.3 Å². The van der Waals surface area contributed by atoms with Crippen LogP contribution in [0.15, 0.2) is 53.2 Å². The van der Waals surface area contributed by atoms with Crippen molar-refractivity contribution in [3.05, 3.63) is 53.8 Å². The smallest absolute Gasteiger partial charge is 0.0787 e. The van der Waals surface area contributed by atoms with E-state index in [0.717, 1.165) is 22.6 Å². The van der Waals surface area contributed by atoms with E-state index < -0.39 is 0 Å². The number of hydrogen-bond donors (Lipinski definition) is 0. The largest absolute Gasteiger partial charge is 0.299 e. The second-order valence-corrected chi connectivity index (χ2v) is 7.12. The van der Waals surface area contributed by atoms with Crippen molar-refractivity contribution in [2.45, 2.75) is 31.4 Å². The van der Waals surface area contributed by atoms with Gasteiger partial charge in [0.1, 0.15) is 0 Å². The molecule has 0 saturated heterocycles. The number of thiocarbonyl (C=S) groups is 1. The molecule has 0 aliphatic rings. The van der Waals surface area contributed by atoms with Gasteiger partial charge in [-0.15, -0.1) is 17.5 Å². The van der Waals surface area contributed by atoms with Gasteiger partial charge in [-0.05, 0) is 37.8 Å². The highest BCUT2D eigenvalue weighted by molar-refractivity contribution is 8.24. The maximum absolute atomic E-state index is 5.56. The summed E-state index contributed by atoms with van der Waals surface area (Å²) < 4.78 is 0.813. The fourth-order valence-corrected chi connectivity index (χ4v) is 3.53. The predicted octanol–water partition coefficient (Wildman–Crippen LogP) is 5.07. The molecule has 0 heterocycles. The number of aliphatic imine (C=N–C) groups is 1. The highest BCUT2D eigenvalue weighted by Crippen LogP contribution is 2.33. The normalized spacial score (nSPS) is 13.8. The van der Waals surface area contributed by atoms with Crippen LogP contribution in [0.5, 0.6) is 0 Å². The summed E-state index contributed by atoms with van der Waals surface area (Å²) in [7, 11) is 1.81. The number of rotatable bonds is 6. The standard InChI is InChI=1S/C17H21NS2/c1-5-14(2)11-12-17(3,13-18-4)20-16(19)15-9-7-6-8-10-15/h6-10,13H,1,11-12H2,2-4H3. The molecule has 1 atom stereocenters.